The Labute approximate surface area is 163 Å². The Morgan fingerprint density at radius 2 is 1.93 bits per heavy atom. The van der Waals surface area contributed by atoms with Gasteiger partial charge in [0.2, 0.25) is 5.91 Å². The Morgan fingerprint density at radius 3 is 2.61 bits per heavy atom. The smallest absolute Gasteiger partial charge is 0.255 e. The van der Waals surface area contributed by atoms with Gasteiger partial charge in [-0.1, -0.05) is 12.1 Å². The van der Waals surface area contributed by atoms with Gasteiger partial charge in [0.25, 0.3) is 5.56 Å². The van der Waals surface area contributed by atoms with E-state index in [-0.39, 0.29) is 17.9 Å². The lowest BCUT2D eigenvalue weighted by molar-refractivity contribution is -0.120. The van der Waals surface area contributed by atoms with Crippen LogP contribution < -0.4 is 15.8 Å². The second-order valence-electron chi connectivity index (χ2n) is 6.73. The summed E-state index contributed by atoms with van der Waals surface area (Å²) in [6.07, 6.45) is 3.26. The lowest BCUT2D eigenvalue weighted by Crippen LogP contribution is -2.29. The van der Waals surface area contributed by atoms with Gasteiger partial charge < -0.3 is 15.2 Å². The summed E-state index contributed by atoms with van der Waals surface area (Å²) in [4.78, 5) is 38.0. The number of hydrogen-bond donors (Lipinski definition) is 2. The predicted octanol–water partition coefficient (Wildman–Crippen LogP) is 2.07. The number of nitrogens with one attached hydrogen (secondary N) is 2. The minimum absolute atomic E-state index is 0.0157. The normalized spacial score (nSPS) is 10.5. The SMILES string of the molecule is Cc1nc(-c2ccncc2)[nH]c(=O)c1CC(=O)NCc1cccc(N(C)C)c1. The number of aryl methyl sites for hydroxylation is 1. The molecule has 0 bridgehead atoms. The summed E-state index contributed by atoms with van der Waals surface area (Å²) in [5.41, 5.74) is 3.44. The molecule has 0 unspecified atom stereocenters. The van der Waals surface area contributed by atoms with Crippen LogP contribution >= 0.6 is 0 Å². The number of aromatic amines is 1. The van der Waals surface area contributed by atoms with Crippen LogP contribution in [0.2, 0.25) is 0 Å². The first-order valence-electron chi connectivity index (χ1n) is 8.97. The number of aromatic nitrogens is 3. The van der Waals surface area contributed by atoms with Gasteiger partial charge in [-0.15, -0.1) is 0 Å². The monoisotopic (exact) mass is 377 g/mol. The van der Waals surface area contributed by atoms with E-state index in [4.69, 9.17) is 0 Å². The average Bonchev–Trinajstić information content (AvgIpc) is 2.70. The van der Waals surface area contributed by atoms with Crippen molar-refractivity contribution >= 4 is 11.6 Å². The van der Waals surface area contributed by atoms with E-state index >= 15 is 0 Å². The summed E-state index contributed by atoms with van der Waals surface area (Å²) < 4.78 is 0. The topological polar surface area (TPSA) is 91.0 Å². The Balaban J connectivity index is 1.69. The highest BCUT2D eigenvalue weighted by atomic mass is 16.2. The summed E-state index contributed by atoms with van der Waals surface area (Å²) in [6, 6.07) is 11.5. The molecule has 7 heteroatoms. The van der Waals surface area contributed by atoms with Gasteiger partial charge in [0.05, 0.1) is 6.42 Å². The molecular formula is C21H23N5O2. The summed E-state index contributed by atoms with van der Waals surface area (Å²) >= 11 is 0. The number of pyridine rings is 1. The quantitative estimate of drug-likeness (QED) is 0.686. The zero-order valence-electron chi connectivity index (χ0n) is 16.2. The highest BCUT2D eigenvalue weighted by Crippen LogP contribution is 2.14. The Hall–Kier alpha value is -3.48. The van der Waals surface area contributed by atoms with Crippen molar-refractivity contribution in [3.05, 3.63) is 76.0 Å². The van der Waals surface area contributed by atoms with E-state index in [1.165, 1.54) is 0 Å². The molecule has 1 amide bonds. The van der Waals surface area contributed by atoms with E-state index in [9.17, 15) is 9.59 Å². The third-order valence-electron chi connectivity index (χ3n) is 4.43. The number of carbonyl (C=O) groups excluding carboxylic acids is 1. The zero-order valence-corrected chi connectivity index (χ0v) is 16.2. The van der Waals surface area contributed by atoms with Crippen molar-refractivity contribution in [3.63, 3.8) is 0 Å². The molecule has 144 valence electrons. The maximum Gasteiger partial charge on any atom is 0.255 e. The first kappa shape index (κ1) is 19.3. The molecule has 0 aliphatic heterocycles. The minimum atomic E-state index is -0.302. The van der Waals surface area contributed by atoms with E-state index in [0.29, 0.717) is 23.6 Å². The lowest BCUT2D eigenvalue weighted by atomic mass is 10.1. The van der Waals surface area contributed by atoms with E-state index in [0.717, 1.165) is 16.8 Å². The largest absolute Gasteiger partial charge is 0.378 e. The fourth-order valence-corrected chi connectivity index (χ4v) is 2.83. The summed E-state index contributed by atoms with van der Waals surface area (Å²) in [7, 11) is 3.94. The maximum atomic E-state index is 12.5. The highest BCUT2D eigenvalue weighted by Gasteiger charge is 2.13. The van der Waals surface area contributed by atoms with Crippen LogP contribution in [0.4, 0.5) is 5.69 Å². The number of amides is 1. The number of nitrogens with zero attached hydrogens (tertiary/aromatic N) is 3. The van der Waals surface area contributed by atoms with Gasteiger partial charge >= 0.3 is 0 Å². The molecule has 2 N–H and O–H groups in total. The zero-order chi connectivity index (χ0) is 20.1. The number of anilines is 1. The van der Waals surface area contributed by atoms with E-state index < -0.39 is 0 Å². The number of benzene rings is 1. The average molecular weight is 377 g/mol. The molecule has 28 heavy (non-hydrogen) atoms. The van der Waals surface area contributed by atoms with Crippen LogP contribution in [0.25, 0.3) is 11.4 Å². The Kier molecular flexibility index (Phi) is 5.84. The van der Waals surface area contributed by atoms with Gasteiger partial charge in [0.15, 0.2) is 0 Å². The van der Waals surface area contributed by atoms with Crippen LogP contribution in [0.1, 0.15) is 16.8 Å². The molecule has 0 fully saturated rings. The van der Waals surface area contributed by atoms with Gasteiger partial charge in [-0.2, -0.15) is 0 Å². The van der Waals surface area contributed by atoms with Crippen LogP contribution in [-0.4, -0.2) is 35.0 Å². The van der Waals surface area contributed by atoms with Crippen LogP contribution in [0.3, 0.4) is 0 Å². The van der Waals surface area contributed by atoms with Crippen LogP contribution in [0.15, 0.2) is 53.6 Å². The molecule has 3 rings (SSSR count). The van der Waals surface area contributed by atoms with Crippen molar-refractivity contribution in [1.82, 2.24) is 20.3 Å². The van der Waals surface area contributed by atoms with Crippen molar-refractivity contribution in [1.29, 1.82) is 0 Å². The molecule has 0 atom stereocenters. The second kappa shape index (κ2) is 8.47. The first-order chi connectivity index (χ1) is 13.4. The third kappa shape index (κ3) is 4.62. The molecule has 7 nitrogen and oxygen atoms in total. The van der Waals surface area contributed by atoms with Crippen LogP contribution in [-0.2, 0) is 17.8 Å². The molecule has 2 heterocycles. The molecule has 3 aromatic rings. The Bertz CT molecular complexity index is 1030. The van der Waals surface area contributed by atoms with Crippen molar-refractivity contribution < 1.29 is 4.79 Å². The minimum Gasteiger partial charge on any atom is -0.378 e. The molecule has 0 aliphatic rings. The predicted molar refractivity (Wildman–Crippen MR) is 109 cm³/mol. The van der Waals surface area contributed by atoms with Gasteiger partial charge in [-0.3, -0.25) is 14.6 Å². The number of hydrogen-bond acceptors (Lipinski definition) is 5. The van der Waals surface area contributed by atoms with Crippen molar-refractivity contribution in [2.45, 2.75) is 19.9 Å². The van der Waals surface area contributed by atoms with E-state index in [2.05, 4.69) is 20.3 Å². The van der Waals surface area contributed by atoms with Crippen molar-refractivity contribution in [3.8, 4) is 11.4 Å². The number of carbonyl (C=O) groups is 1. The number of rotatable bonds is 6. The fraction of sp³-hybridized carbons (Fsp3) is 0.238. The molecule has 1 aromatic carbocycles. The third-order valence-corrected chi connectivity index (χ3v) is 4.43. The summed E-state index contributed by atoms with van der Waals surface area (Å²) in [5.74, 6) is 0.247. The van der Waals surface area contributed by atoms with Gasteiger partial charge in [0.1, 0.15) is 5.82 Å². The maximum absolute atomic E-state index is 12.5. The van der Waals surface area contributed by atoms with E-state index in [1.807, 2.05) is 43.3 Å². The summed E-state index contributed by atoms with van der Waals surface area (Å²) in [5, 5.41) is 2.87. The van der Waals surface area contributed by atoms with Crippen LogP contribution in [0, 0.1) is 6.92 Å². The Morgan fingerprint density at radius 1 is 1.18 bits per heavy atom. The molecule has 0 aliphatic carbocycles. The van der Waals surface area contributed by atoms with Crippen molar-refractivity contribution in [2.24, 2.45) is 0 Å². The van der Waals surface area contributed by atoms with Crippen LogP contribution in [0.5, 0.6) is 0 Å². The fourth-order valence-electron chi connectivity index (χ4n) is 2.83. The second-order valence-corrected chi connectivity index (χ2v) is 6.73. The highest BCUT2D eigenvalue weighted by molar-refractivity contribution is 5.78. The molecule has 0 radical (unpaired) electrons. The van der Waals surface area contributed by atoms with E-state index in [1.54, 1.807) is 31.5 Å². The van der Waals surface area contributed by atoms with Gasteiger partial charge in [-0.25, -0.2) is 4.98 Å². The molecule has 0 saturated heterocycles. The molecule has 0 spiro atoms. The van der Waals surface area contributed by atoms with Crippen molar-refractivity contribution in [2.75, 3.05) is 19.0 Å². The molecule has 0 saturated carbocycles. The number of H-pyrrole nitrogens is 1. The van der Waals surface area contributed by atoms with Gasteiger partial charge in [0, 0.05) is 55.5 Å². The lowest BCUT2D eigenvalue weighted by Gasteiger charge is -2.14. The standard InChI is InChI=1S/C21H23N5O2/c1-14-18(21(28)25-20(24-14)16-7-9-22-10-8-16)12-19(27)23-13-15-5-4-6-17(11-15)26(2)3/h4-11H,12-13H2,1-3H3,(H,23,27)(H,24,25,28). The summed E-state index contributed by atoms with van der Waals surface area (Å²) in [6.45, 7) is 2.14. The van der Waals surface area contributed by atoms with Gasteiger partial charge in [-0.05, 0) is 36.8 Å². The molecular weight excluding hydrogens is 354 g/mol. The first-order valence-corrected chi connectivity index (χ1v) is 8.97. The molecule has 2 aromatic heterocycles.